The van der Waals surface area contributed by atoms with Gasteiger partial charge in [-0.15, -0.1) is 0 Å². The van der Waals surface area contributed by atoms with Crippen molar-refractivity contribution in [1.82, 2.24) is 9.80 Å². The van der Waals surface area contributed by atoms with E-state index in [2.05, 4.69) is 13.8 Å². The van der Waals surface area contributed by atoms with Crippen molar-refractivity contribution in [3.63, 3.8) is 0 Å². The molecule has 0 aromatic heterocycles. The number of amides is 1. The smallest absolute Gasteiger partial charge is 0.309 e. The molecule has 1 saturated heterocycles. The molecule has 2 aliphatic heterocycles. The first-order valence-corrected chi connectivity index (χ1v) is 14.9. The van der Waals surface area contributed by atoms with Gasteiger partial charge in [0.25, 0.3) is 0 Å². The normalized spacial score (nSPS) is 19.8. The standard InChI is InChI=1S/C32H44N2O7/c1-5-8-14-33(15-9-6-2)29(35)20-34-19-25(22-10-13-26-28(17-22)41-21-40-26)30(32(36)37)31(34)24-12-11-23(38-4)18-27(24)39-16-7-3/h10-13,17-18,25,30-31H,5-9,14-16,19-21H2,1-4H3,(H,36,37). The second-order valence-corrected chi connectivity index (χ2v) is 10.8. The lowest BCUT2D eigenvalue weighted by atomic mass is 9.82. The summed E-state index contributed by atoms with van der Waals surface area (Å²) in [5, 5.41) is 10.7. The molecule has 2 aromatic rings. The van der Waals surface area contributed by atoms with Crippen LogP contribution >= 0.6 is 0 Å². The van der Waals surface area contributed by atoms with E-state index in [0.29, 0.717) is 49.2 Å². The highest BCUT2D eigenvalue weighted by Gasteiger charge is 2.49. The lowest BCUT2D eigenvalue weighted by molar-refractivity contribution is -0.144. The molecule has 0 spiro atoms. The van der Waals surface area contributed by atoms with E-state index in [1.165, 1.54) is 0 Å². The van der Waals surface area contributed by atoms with Gasteiger partial charge in [0.05, 0.1) is 32.2 Å². The second-order valence-electron chi connectivity index (χ2n) is 10.8. The maximum absolute atomic E-state index is 13.8. The minimum Gasteiger partial charge on any atom is -0.497 e. The molecule has 1 amide bonds. The van der Waals surface area contributed by atoms with E-state index in [9.17, 15) is 14.7 Å². The van der Waals surface area contributed by atoms with Gasteiger partial charge in [0.1, 0.15) is 11.5 Å². The number of likely N-dealkylation sites (tertiary alicyclic amines) is 1. The summed E-state index contributed by atoms with van der Waals surface area (Å²) < 4.78 is 22.7. The van der Waals surface area contributed by atoms with Crippen molar-refractivity contribution in [2.45, 2.75) is 64.8 Å². The number of unbranched alkanes of at least 4 members (excludes halogenated alkanes) is 2. The monoisotopic (exact) mass is 568 g/mol. The summed E-state index contributed by atoms with van der Waals surface area (Å²) in [6, 6.07) is 10.6. The van der Waals surface area contributed by atoms with E-state index in [-0.39, 0.29) is 25.2 Å². The van der Waals surface area contributed by atoms with Crippen LogP contribution in [0.5, 0.6) is 23.0 Å². The summed E-state index contributed by atoms with van der Waals surface area (Å²) >= 11 is 0. The van der Waals surface area contributed by atoms with E-state index in [1.54, 1.807) is 7.11 Å². The topological polar surface area (TPSA) is 97.8 Å². The fraction of sp³-hybridized carbons (Fsp3) is 0.562. The van der Waals surface area contributed by atoms with E-state index < -0.39 is 17.9 Å². The molecule has 2 heterocycles. The van der Waals surface area contributed by atoms with Crippen LogP contribution in [0.2, 0.25) is 0 Å². The molecular formula is C32H44N2O7. The predicted octanol–water partition coefficient (Wildman–Crippen LogP) is 5.48. The molecule has 2 aromatic carbocycles. The van der Waals surface area contributed by atoms with Crippen molar-refractivity contribution in [1.29, 1.82) is 0 Å². The Morgan fingerprint density at radius 2 is 1.73 bits per heavy atom. The highest BCUT2D eigenvalue weighted by molar-refractivity contribution is 5.79. The van der Waals surface area contributed by atoms with Gasteiger partial charge in [0, 0.05) is 37.2 Å². The predicted molar refractivity (Wildman–Crippen MR) is 156 cm³/mol. The number of carboxylic acid groups (broad SMARTS) is 1. The zero-order chi connectivity index (χ0) is 29.4. The number of nitrogens with zero attached hydrogens (tertiary/aromatic N) is 2. The average Bonchev–Trinajstić information content (AvgIpc) is 3.60. The Labute approximate surface area is 243 Å². The van der Waals surface area contributed by atoms with Gasteiger partial charge in [-0.3, -0.25) is 14.5 Å². The van der Waals surface area contributed by atoms with Crippen molar-refractivity contribution < 1.29 is 33.6 Å². The quantitative estimate of drug-likeness (QED) is 0.302. The number of rotatable bonds is 15. The summed E-state index contributed by atoms with van der Waals surface area (Å²) in [5.74, 6) is 0.385. The molecule has 3 atom stereocenters. The van der Waals surface area contributed by atoms with Crippen molar-refractivity contribution in [2.75, 3.05) is 46.7 Å². The lowest BCUT2D eigenvalue weighted by Gasteiger charge is -2.31. The minimum absolute atomic E-state index is 0.0249. The van der Waals surface area contributed by atoms with Gasteiger partial charge in [-0.2, -0.15) is 0 Å². The summed E-state index contributed by atoms with van der Waals surface area (Å²) in [6.45, 7) is 8.83. The van der Waals surface area contributed by atoms with Crippen molar-refractivity contribution in [3.05, 3.63) is 47.5 Å². The van der Waals surface area contributed by atoms with Crippen LogP contribution in [0.15, 0.2) is 36.4 Å². The molecule has 0 aliphatic carbocycles. The number of benzene rings is 2. The first-order chi connectivity index (χ1) is 19.9. The van der Waals surface area contributed by atoms with Gasteiger partial charge in [0.2, 0.25) is 12.7 Å². The number of methoxy groups -OCH3 is 1. The Morgan fingerprint density at radius 3 is 2.39 bits per heavy atom. The molecule has 3 unspecified atom stereocenters. The number of ether oxygens (including phenoxy) is 4. The Morgan fingerprint density at radius 1 is 1.00 bits per heavy atom. The van der Waals surface area contributed by atoms with E-state index in [4.69, 9.17) is 18.9 Å². The van der Waals surface area contributed by atoms with Crippen LogP contribution in [0, 0.1) is 5.92 Å². The summed E-state index contributed by atoms with van der Waals surface area (Å²) in [6.07, 6.45) is 4.67. The van der Waals surface area contributed by atoms with Gasteiger partial charge in [-0.25, -0.2) is 0 Å². The maximum atomic E-state index is 13.8. The number of carbonyl (C=O) groups excluding carboxylic acids is 1. The van der Waals surface area contributed by atoms with Crippen LogP contribution in [0.4, 0.5) is 0 Å². The van der Waals surface area contributed by atoms with Gasteiger partial charge in [-0.05, 0) is 43.0 Å². The van der Waals surface area contributed by atoms with Gasteiger partial charge in [0.15, 0.2) is 11.5 Å². The molecule has 9 heteroatoms. The number of hydrogen-bond donors (Lipinski definition) is 1. The van der Waals surface area contributed by atoms with Crippen LogP contribution in [-0.2, 0) is 9.59 Å². The van der Waals surface area contributed by atoms with E-state index in [1.807, 2.05) is 53.1 Å². The molecule has 0 saturated carbocycles. The second kappa shape index (κ2) is 14.4. The third-order valence-electron chi connectivity index (χ3n) is 7.96. The third-order valence-corrected chi connectivity index (χ3v) is 7.96. The number of fused-ring (bicyclic) bond motifs is 1. The average molecular weight is 569 g/mol. The highest BCUT2D eigenvalue weighted by Crippen LogP contribution is 2.50. The number of aliphatic carboxylic acids is 1. The zero-order valence-electron chi connectivity index (χ0n) is 24.8. The molecule has 0 radical (unpaired) electrons. The molecular weight excluding hydrogens is 524 g/mol. The van der Waals surface area contributed by atoms with Crippen LogP contribution in [0.3, 0.4) is 0 Å². The molecule has 2 aliphatic rings. The molecule has 1 fully saturated rings. The molecule has 9 nitrogen and oxygen atoms in total. The minimum atomic E-state index is -0.918. The summed E-state index contributed by atoms with van der Waals surface area (Å²) in [5.41, 5.74) is 1.59. The fourth-order valence-electron chi connectivity index (χ4n) is 5.80. The van der Waals surface area contributed by atoms with Crippen molar-refractivity contribution >= 4 is 11.9 Å². The molecule has 41 heavy (non-hydrogen) atoms. The van der Waals surface area contributed by atoms with Crippen LogP contribution in [0.1, 0.15) is 76.0 Å². The third kappa shape index (κ3) is 7.07. The lowest BCUT2D eigenvalue weighted by Crippen LogP contribution is -2.42. The molecule has 4 rings (SSSR count). The molecule has 224 valence electrons. The van der Waals surface area contributed by atoms with E-state index in [0.717, 1.165) is 43.2 Å². The zero-order valence-corrected chi connectivity index (χ0v) is 24.8. The maximum Gasteiger partial charge on any atom is 0.309 e. The Balaban J connectivity index is 1.75. The first kappa shape index (κ1) is 30.5. The molecule has 0 bridgehead atoms. The number of hydrogen-bond acceptors (Lipinski definition) is 7. The summed E-state index contributed by atoms with van der Waals surface area (Å²) in [7, 11) is 1.59. The van der Waals surface area contributed by atoms with Crippen LogP contribution in [0.25, 0.3) is 0 Å². The SMILES string of the molecule is CCCCN(CCCC)C(=O)CN1CC(c2ccc3c(c2)OCO3)C(C(=O)O)C1c1ccc(OC)cc1OCCC. The van der Waals surface area contributed by atoms with Crippen molar-refractivity contribution in [3.8, 4) is 23.0 Å². The Bertz CT molecular complexity index is 1180. The summed E-state index contributed by atoms with van der Waals surface area (Å²) in [4.78, 5) is 30.8. The van der Waals surface area contributed by atoms with Crippen molar-refractivity contribution in [2.24, 2.45) is 5.92 Å². The number of carboxylic acids is 1. The molecule has 1 N–H and O–H groups in total. The number of carbonyl (C=O) groups is 2. The van der Waals surface area contributed by atoms with Crippen LogP contribution < -0.4 is 18.9 Å². The first-order valence-electron chi connectivity index (χ1n) is 14.9. The largest absolute Gasteiger partial charge is 0.497 e. The van der Waals surface area contributed by atoms with E-state index >= 15 is 0 Å². The Kier molecular flexibility index (Phi) is 10.7. The fourth-order valence-corrected chi connectivity index (χ4v) is 5.80. The Hall–Kier alpha value is -3.46. The van der Waals surface area contributed by atoms with Gasteiger partial charge >= 0.3 is 5.97 Å². The van der Waals surface area contributed by atoms with Crippen LogP contribution in [-0.4, -0.2) is 73.5 Å². The van der Waals surface area contributed by atoms with Gasteiger partial charge in [-0.1, -0.05) is 45.7 Å². The van der Waals surface area contributed by atoms with Gasteiger partial charge < -0.3 is 29.0 Å². The highest BCUT2D eigenvalue weighted by atomic mass is 16.7.